The lowest BCUT2D eigenvalue weighted by molar-refractivity contribution is -0.230. The molecule has 0 radical (unpaired) electrons. The van der Waals surface area contributed by atoms with Gasteiger partial charge in [-0.2, -0.15) is 10.5 Å². The zero-order valence-corrected chi connectivity index (χ0v) is 15.1. The summed E-state index contributed by atoms with van der Waals surface area (Å²) in [5, 5.41) is 20.0. The summed E-state index contributed by atoms with van der Waals surface area (Å²) < 4.78 is 21.8. The van der Waals surface area contributed by atoms with Crippen LogP contribution in [0.15, 0.2) is 23.2 Å². The van der Waals surface area contributed by atoms with Crippen LogP contribution in [0.4, 0.5) is 0 Å². The standard InChI is InChI=1S/C18H20N4O4/c1-5-26-12-7-6-11(8-13(12)23-2)14-16(9-19)15(21)22-18(24-3,25-4)17(14,16)10-20/h6-8,14H,5H2,1-4H3,(H2,21,22). The van der Waals surface area contributed by atoms with E-state index in [4.69, 9.17) is 24.7 Å². The second kappa shape index (κ2) is 5.87. The van der Waals surface area contributed by atoms with Gasteiger partial charge in [0.05, 0.1) is 25.9 Å². The Kier molecular flexibility index (Phi) is 4.06. The van der Waals surface area contributed by atoms with E-state index in [1.165, 1.54) is 21.3 Å². The molecule has 3 unspecified atom stereocenters. The Balaban J connectivity index is 2.18. The van der Waals surface area contributed by atoms with Gasteiger partial charge in [-0.05, 0) is 24.6 Å². The summed E-state index contributed by atoms with van der Waals surface area (Å²) in [7, 11) is 4.28. The van der Waals surface area contributed by atoms with Crippen molar-refractivity contribution >= 4 is 5.84 Å². The van der Waals surface area contributed by atoms with Crippen molar-refractivity contribution in [2.24, 2.45) is 21.6 Å². The first-order valence-corrected chi connectivity index (χ1v) is 8.07. The van der Waals surface area contributed by atoms with E-state index in [-0.39, 0.29) is 5.84 Å². The third-order valence-corrected chi connectivity index (χ3v) is 5.30. The van der Waals surface area contributed by atoms with Crippen molar-refractivity contribution < 1.29 is 18.9 Å². The normalized spacial score (nSPS) is 30.5. The highest BCUT2D eigenvalue weighted by Crippen LogP contribution is 2.81. The van der Waals surface area contributed by atoms with Gasteiger partial charge in [-0.1, -0.05) is 6.07 Å². The molecule has 0 aromatic heterocycles. The molecule has 26 heavy (non-hydrogen) atoms. The van der Waals surface area contributed by atoms with E-state index >= 15 is 0 Å². The number of fused-ring (bicyclic) bond motifs is 1. The van der Waals surface area contributed by atoms with Crippen molar-refractivity contribution in [3.05, 3.63) is 23.8 Å². The number of rotatable bonds is 6. The Morgan fingerprint density at radius 3 is 2.35 bits per heavy atom. The minimum absolute atomic E-state index is 0.0306. The molecule has 8 nitrogen and oxygen atoms in total. The zero-order chi connectivity index (χ0) is 19.2. The lowest BCUT2D eigenvalue weighted by atomic mass is 9.93. The molecule has 1 aromatic rings. The highest BCUT2D eigenvalue weighted by Gasteiger charge is 2.93. The van der Waals surface area contributed by atoms with Crippen molar-refractivity contribution in [3.8, 4) is 23.6 Å². The highest BCUT2D eigenvalue weighted by molar-refractivity contribution is 6.00. The topological polar surface area (TPSA) is 123 Å². The summed E-state index contributed by atoms with van der Waals surface area (Å²) in [4.78, 5) is 4.19. The van der Waals surface area contributed by atoms with Crippen LogP contribution in [0.25, 0.3) is 0 Å². The van der Waals surface area contributed by atoms with Gasteiger partial charge in [-0.3, -0.25) is 0 Å². The van der Waals surface area contributed by atoms with Crippen molar-refractivity contribution in [2.75, 3.05) is 27.9 Å². The lowest BCUT2D eigenvalue weighted by Crippen LogP contribution is -2.41. The van der Waals surface area contributed by atoms with E-state index in [1.807, 2.05) is 6.92 Å². The fraction of sp³-hybridized carbons (Fsp3) is 0.500. The number of hydrogen-bond acceptors (Lipinski definition) is 8. The number of methoxy groups -OCH3 is 3. The predicted molar refractivity (Wildman–Crippen MR) is 91.4 cm³/mol. The van der Waals surface area contributed by atoms with Crippen LogP contribution in [-0.2, 0) is 9.47 Å². The molecule has 0 spiro atoms. The van der Waals surface area contributed by atoms with Crippen LogP contribution in [0.1, 0.15) is 18.4 Å². The van der Waals surface area contributed by atoms with Crippen LogP contribution >= 0.6 is 0 Å². The van der Waals surface area contributed by atoms with E-state index in [9.17, 15) is 10.5 Å². The van der Waals surface area contributed by atoms with E-state index in [1.54, 1.807) is 18.2 Å². The van der Waals surface area contributed by atoms with Crippen LogP contribution in [0, 0.1) is 33.5 Å². The molecule has 1 aromatic carbocycles. The molecule has 1 fully saturated rings. The van der Waals surface area contributed by atoms with Gasteiger partial charge >= 0.3 is 0 Å². The maximum absolute atomic E-state index is 10.0. The van der Waals surface area contributed by atoms with Crippen LogP contribution in [0.5, 0.6) is 11.5 Å². The Hall–Kier alpha value is -2.81. The molecule has 3 atom stereocenters. The maximum Gasteiger partial charge on any atom is 0.292 e. The molecule has 1 heterocycles. The fourth-order valence-corrected chi connectivity index (χ4v) is 4.16. The van der Waals surface area contributed by atoms with E-state index in [0.717, 1.165) is 0 Å². The number of aliphatic imine (C=N–C) groups is 1. The summed E-state index contributed by atoms with van der Waals surface area (Å²) in [5.41, 5.74) is 4.07. The first-order chi connectivity index (χ1) is 12.5. The number of nitrogens with zero attached hydrogens (tertiary/aromatic N) is 3. The molecule has 0 amide bonds. The molecule has 1 aliphatic carbocycles. The number of benzene rings is 1. The summed E-state index contributed by atoms with van der Waals surface area (Å²) in [6, 6.07) is 9.69. The third-order valence-electron chi connectivity index (χ3n) is 5.30. The average molecular weight is 356 g/mol. The molecule has 8 heteroatoms. The number of nitrogens with two attached hydrogens (primary N) is 1. The summed E-state index contributed by atoms with van der Waals surface area (Å²) >= 11 is 0. The summed E-state index contributed by atoms with van der Waals surface area (Å²) in [5.74, 6) is -1.10. The molecule has 3 rings (SSSR count). The molecular weight excluding hydrogens is 336 g/mol. The molecule has 2 N–H and O–H groups in total. The van der Waals surface area contributed by atoms with E-state index < -0.39 is 22.7 Å². The second-order valence-corrected chi connectivity index (χ2v) is 6.10. The Morgan fingerprint density at radius 1 is 1.15 bits per heavy atom. The van der Waals surface area contributed by atoms with Crippen molar-refractivity contribution in [3.63, 3.8) is 0 Å². The SMILES string of the molecule is CCOc1ccc(C2C3(C#N)C(N)=NC(OC)(OC)C23C#N)cc1OC. The molecule has 136 valence electrons. The average Bonchev–Trinajstić information content (AvgIpc) is 3.24. The number of nitriles is 2. The quantitative estimate of drug-likeness (QED) is 0.767. The first kappa shape index (κ1) is 18.0. The zero-order valence-electron chi connectivity index (χ0n) is 15.1. The Morgan fingerprint density at radius 2 is 1.85 bits per heavy atom. The van der Waals surface area contributed by atoms with E-state index in [2.05, 4.69) is 17.1 Å². The lowest BCUT2D eigenvalue weighted by Gasteiger charge is -2.29. The monoisotopic (exact) mass is 356 g/mol. The minimum atomic E-state index is -1.64. The Bertz CT molecular complexity index is 852. The van der Waals surface area contributed by atoms with Crippen molar-refractivity contribution in [1.29, 1.82) is 10.5 Å². The van der Waals surface area contributed by atoms with Gasteiger partial charge in [0.15, 0.2) is 16.9 Å². The van der Waals surface area contributed by atoms with Gasteiger partial charge in [-0.25, -0.2) is 4.99 Å². The first-order valence-electron chi connectivity index (χ1n) is 8.07. The summed E-state index contributed by atoms with van der Waals surface area (Å²) in [6.07, 6.45) is 0. The molecule has 0 bridgehead atoms. The van der Waals surface area contributed by atoms with Gasteiger partial charge in [-0.15, -0.1) is 0 Å². The van der Waals surface area contributed by atoms with Gasteiger partial charge in [0.2, 0.25) is 0 Å². The van der Waals surface area contributed by atoms with Crippen molar-refractivity contribution in [2.45, 2.75) is 18.8 Å². The van der Waals surface area contributed by atoms with Crippen LogP contribution in [0.3, 0.4) is 0 Å². The third kappa shape index (κ3) is 1.75. The Labute approximate surface area is 151 Å². The van der Waals surface area contributed by atoms with Crippen LogP contribution in [-0.4, -0.2) is 39.7 Å². The van der Waals surface area contributed by atoms with Crippen LogP contribution < -0.4 is 15.2 Å². The highest BCUT2D eigenvalue weighted by atomic mass is 16.7. The smallest absolute Gasteiger partial charge is 0.292 e. The maximum atomic E-state index is 10.0. The van der Waals surface area contributed by atoms with Crippen LogP contribution in [0.2, 0.25) is 0 Å². The van der Waals surface area contributed by atoms with Gasteiger partial charge < -0.3 is 24.7 Å². The number of amidine groups is 1. The minimum Gasteiger partial charge on any atom is -0.493 e. The summed E-state index contributed by atoms with van der Waals surface area (Å²) in [6.45, 7) is 2.36. The fourth-order valence-electron chi connectivity index (χ4n) is 4.16. The second-order valence-electron chi connectivity index (χ2n) is 6.10. The van der Waals surface area contributed by atoms with Gasteiger partial charge in [0, 0.05) is 20.1 Å². The predicted octanol–water partition coefficient (Wildman–Crippen LogP) is 1.53. The number of hydrogen-bond donors (Lipinski definition) is 1. The molecule has 1 aliphatic heterocycles. The molecule has 1 saturated carbocycles. The van der Waals surface area contributed by atoms with Gasteiger partial charge in [0.1, 0.15) is 11.3 Å². The van der Waals surface area contributed by atoms with Crippen molar-refractivity contribution in [1.82, 2.24) is 0 Å². The van der Waals surface area contributed by atoms with Gasteiger partial charge in [0.25, 0.3) is 5.91 Å². The van der Waals surface area contributed by atoms with E-state index in [0.29, 0.717) is 23.7 Å². The number of ether oxygens (including phenoxy) is 4. The largest absolute Gasteiger partial charge is 0.493 e. The molecule has 2 aliphatic rings. The molecule has 0 saturated heterocycles. The molecular formula is C18H20N4O4.